The number of hydrogen-bond donors (Lipinski definition) is 0. The predicted octanol–water partition coefficient (Wildman–Crippen LogP) is 6.97. The van der Waals surface area contributed by atoms with Crippen molar-refractivity contribution >= 4 is 27.3 Å². The minimum atomic E-state index is -4.10. The molecule has 0 aliphatic carbocycles. The number of esters is 1. The number of unbranched alkanes of at least 4 members (excludes halogenated alkanes) is 1. The van der Waals surface area contributed by atoms with Crippen LogP contribution in [0.5, 0.6) is 5.75 Å². The molecule has 1 aliphatic heterocycles. The third kappa shape index (κ3) is 9.84. The van der Waals surface area contributed by atoms with Gasteiger partial charge in [-0.25, -0.2) is 4.68 Å². The van der Waals surface area contributed by atoms with Crippen LogP contribution < -0.4 is 4.74 Å². The first-order chi connectivity index (χ1) is 26.2. The number of carbonyl (C=O) groups is 1. The third-order valence-electron chi connectivity index (χ3n) is 9.27. The Balaban J connectivity index is 1.12. The van der Waals surface area contributed by atoms with Crippen molar-refractivity contribution in [1.29, 1.82) is 0 Å². The lowest BCUT2D eigenvalue weighted by Gasteiger charge is -2.26. The normalized spacial score (nSPS) is 14.6. The van der Waals surface area contributed by atoms with E-state index in [2.05, 4.69) is 10.3 Å². The molecule has 5 aromatic rings. The highest BCUT2D eigenvalue weighted by molar-refractivity contribution is 7.84. The maximum atomic E-state index is 13.1. The van der Waals surface area contributed by atoms with Gasteiger partial charge in [0.15, 0.2) is 0 Å². The van der Waals surface area contributed by atoms with Gasteiger partial charge in [0.2, 0.25) is 0 Å². The van der Waals surface area contributed by atoms with Crippen LogP contribution in [0, 0.1) is 6.92 Å². The summed E-state index contributed by atoms with van der Waals surface area (Å²) in [6.45, 7) is 6.26. The summed E-state index contributed by atoms with van der Waals surface area (Å²) in [4.78, 5) is 12.9. The van der Waals surface area contributed by atoms with Crippen molar-refractivity contribution in [3.63, 3.8) is 0 Å². The second kappa shape index (κ2) is 18.2. The molecule has 0 fully saturated rings. The Bertz CT molecular complexity index is 2150. The number of hydrogen-bond acceptors (Lipinski definition) is 10. The molecule has 0 N–H and O–H groups in total. The Morgan fingerprint density at radius 2 is 1.70 bits per heavy atom. The molecule has 2 heterocycles. The minimum Gasteiger partial charge on any atom is -0.497 e. The number of aryl methyl sites for hydroxylation is 2. The first kappa shape index (κ1) is 38.5. The van der Waals surface area contributed by atoms with Crippen LogP contribution in [-0.2, 0) is 59.8 Å². The van der Waals surface area contributed by atoms with Crippen LogP contribution in [0.25, 0.3) is 11.0 Å². The number of ether oxygens (including phenoxy) is 4. The second-order valence-electron chi connectivity index (χ2n) is 13.0. The van der Waals surface area contributed by atoms with E-state index >= 15 is 0 Å². The number of methoxy groups -OCH3 is 1. The highest BCUT2D eigenvalue weighted by Gasteiger charge is 2.30. The summed E-state index contributed by atoms with van der Waals surface area (Å²) >= 11 is 0. The average molecular weight is 755 g/mol. The zero-order chi connectivity index (χ0) is 37.9. The highest BCUT2D eigenvalue weighted by Crippen LogP contribution is 2.34. The Labute approximate surface area is 316 Å². The Hall–Kier alpha value is -5.24. The lowest BCUT2D eigenvalue weighted by molar-refractivity contribution is -0.143. The second-order valence-corrected chi connectivity index (χ2v) is 14.5. The van der Waals surface area contributed by atoms with Gasteiger partial charge in [-0.2, -0.15) is 12.7 Å². The molecule has 1 aliphatic rings. The molecule has 54 heavy (non-hydrogen) atoms. The molecule has 0 radical (unpaired) electrons. The lowest BCUT2D eigenvalue weighted by atomic mass is 9.85. The smallest absolute Gasteiger partial charge is 0.388 e. The van der Waals surface area contributed by atoms with E-state index < -0.39 is 10.3 Å². The predicted molar refractivity (Wildman–Crippen MR) is 203 cm³/mol. The van der Waals surface area contributed by atoms with Gasteiger partial charge >= 0.3 is 16.3 Å². The monoisotopic (exact) mass is 754 g/mol. The molecule has 4 aromatic carbocycles. The number of nitrogens with zero attached hydrogens (tertiary/aromatic N) is 4. The minimum absolute atomic E-state index is 0.0454. The van der Waals surface area contributed by atoms with E-state index in [0.29, 0.717) is 19.8 Å². The Kier molecular flexibility index (Phi) is 13.0. The average Bonchev–Trinajstić information content (AvgIpc) is 3.60. The Morgan fingerprint density at radius 1 is 0.926 bits per heavy atom. The summed E-state index contributed by atoms with van der Waals surface area (Å²) in [5.41, 5.74) is 7.10. The van der Waals surface area contributed by atoms with Crippen molar-refractivity contribution in [2.45, 2.75) is 65.3 Å². The summed E-state index contributed by atoms with van der Waals surface area (Å²) in [7, 11) is -2.45. The molecule has 12 nitrogen and oxygen atoms in total. The number of rotatable bonds is 18. The third-order valence-corrected chi connectivity index (χ3v) is 10.6. The lowest BCUT2D eigenvalue weighted by Crippen LogP contribution is -2.35. The SMILES string of the molecule is CCOC(=O)CC(c1cccc(CN2CC=C(OCc3ccccc3)OS2(=O)=O)c1)c1ccc2c(nnn2CCCCOCc2ccc(OC)cc2)c1C. The molecular weight excluding hydrogens is 709 g/mol. The largest absolute Gasteiger partial charge is 0.497 e. The van der Waals surface area contributed by atoms with Crippen molar-refractivity contribution in [2.24, 2.45) is 0 Å². The van der Waals surface area contributed by atoms with Gasteiger partial charge in [0, 0.05) is 38.2 Å². The zero-order valence-corrected chi connectivity index (χ0v) is 31.7. The molecule has 0 bridgehead atoms. The van der Waals surface area contributed by atoms with Crippen molar-refractivity contribution in [1.82, 2.24) is 19.3 Å². The number of carbonyl (C=O) groups excluding carboxylic acids is 1. The van der Waals surface area contributed by atoms with Crippen LogP contribution in [0.2, 0.25) is 0 Å². The molecule has 284 valence electrons. The van der Waals surface area contributed by atoms with E-state index in [9.17, 15) is 13.2 Å². The maximum absolute atomic E-state index is 13.1. The van der Waals surface area contributed by atoms with Crippen LogP contribution in [0.4, 0.5) is 0 Å². The van der Waals surface area contributed by atoms with Gasteiger partial charge < -0.3 is 23.1 Å². The van der Waals surface area contributed by atoms with Crippen molar-refractivity contribution < 1.29 is 36.3 Å². The van der Waals surface area contributed by atoms with E-state index in [4.69, 9.17) is 23.1 Å². The molecule has 0 spiro atoms. The molecule has 1 atom stereocenters. The van der Waals surface area contributed by atoms with Gasteiger partial charge in [-0.05, 0) is 78.3 Å². The molecule has 13 heteroatoms. The molecule has 0 amide bonds. The number of benzene rings is 4. The van der Waals surface area contributed by atoms with Gasteiger partial charge in [-0.3, -0.25) is 4.79 Å². The van der Waals surface area contributed by atoms with E-state index in [-0.39, 0.29) is 50.6 Å². The molecule has 0 saturated heterocycles. The summed E-state index contributed by atoms with van der Waals surface area (Å²) < 4.78 is 56.8. The molecule has 6 rings (SSSR count). The van der Waals surface area contributed by atoms with Gasteiger partial charge in [-0.15, -0.1) is 5.10 Å². The molecule has 0 saturated carbocycles. The first-order valence-corrected chi connectivity index (χ1v) is 19.4. The molecular formula is C41H46N4O8S. The van der Waals surface area contributed by atoms with E-state index in [1.807, 2.05) is 103 Å². The van der Waals surface area contributed by atoms with E-state index in [0.717, 1.165) is 63.0 Å². The fourth-order valence-corrected chi connectivity index (χ4v) is 7.42. The van der Waals surface area contributed by atoms with Gasteiger partial charge in [0.25, 0.3) is 5.95 Å². The highest BCUT2D eigenvalue weighted by atomic mass is 32.2. The van der Waals surface area contributed by atoms with Gasteiger partial charge in [0.05, 0.1) is 32.3 Å². The van der Waals surface area contributed by atoms with Crippen LogP contribution >= 0.6 is 0 Å². The number of aromatic nitrogens is 3. The Morgan fingerprint density at radius 3 is 2.46 bits per heavy atom. The van der Waals surface area contributed by atoms with Crippen LogP contribution in [0.1, 0.15) is 65.5 Å². The van der Waals surface area contributed by atoms with E-state index in [1.54, 1.807) is 20.1 Å². The van der Waals surface area contributed by atoms with Crippen LogP contribution in [-0.4, -0.2) is 60.6 Å². The fraction of sp³-hybridized carbons (Fsp3) is 0.341. The van der Waals surface area contributed by atoms with Crippen molar-refractivity contribution in [3.8, 4) is 5.75 Å². The first-order valence-electron chi connectivity index (χ1n) is 18.1. The molecule has 1 unspecified atom stereocenters. The topological polar surface area (TPSA) is 131 Å². The zero-order valence-electron chi connectivity index (χ0n) is 30.8. The quantitative estimate of drug-likeness (QED) is 0.0683. The standard InChI is InChI=1S/C41H46N4O8S/c1-4-51-39(46)26-37(34-14-10-13-33(25-34)27-44-23-21-40(53-54(44,47)48)52-29-31-11-6-5-7-12-31)36-19-20-38-41(30(36)2)42-43-45(38)22-8-9-24-50-28-32-15-17-35(49-3)18-16-32/h5-7,10-21,25,37H,4,8-9,22-24,26-29H2,1-3H3. The molecule has 1 aromatic heterocycles. The summed E-state index contributed by atoms with van der Waals surface area (Å²) in [6.07, 6.45) is 3.46. The van der Waals surface area contributed by atoms with Crippen molar-refractivity contribution in [3.05, 3.63) is 136 Å². The van der Waals surface area contributed by atoms with E-state index in [1.165, 1.54) is 4.31 Å². The van der Waals surface area contributed by atoms with Crippen molar-refractivity contribution in [2.75, 3.05) is 26.9 Å². The summed E-state index contributed by atoms with van der Waals surface area (Å²) in [5, 5.41) is 9.00. The fourth-order valence-electron chi connectivity index (χ4n) is 6.42. The van der Waals surface area contributed by atoms with Crippen LogP contribution in [0.15, 0.2) is 103 Å². The number of fused-ring (bicyclic) bond motifs is 1. The summed E-state index contributed by atoms with van der Waals surface area (Å²) in [5.74, 6) is 0.0806. The van der Waals surface area contributed by atoms with Gasteiger partial charge in [0.1, 0.15) is 17.9 Å². The maximum Gasteiger partial charge on any atom is 0.388 e. The van der Waals surface area contributed by atoms with Crippen LogP contribution in [0.3, 0.4) is 0 Å². The summed E-state index contributed by atoms with van der Waals surface area (Å²) in [6, 6.07) is 28.9. The van der Waals surface area contributed by atoms with Gasteiger partial charge in [-0.1, -0.05) is 78.0 Å².